The lowest BCUT2D eigenvalue weighted by Crippen LogP contribution is -2.29. The quantitative estimate of drug-likeness (QED) is 0.727. The molecule has 2 aliphatic heterocycles. The Bertz CT molecular complexity index is 277. The first-order chi connectivity index (χ1) is 8.07. The van der Waals surface area contributed by atoms with Crippen LogP contribution in [0.3, 0.4) is 0 Å². The van der Waals surface area contributed by atoms with Crippen LogP contribution in [-0.4, -0.2) is 22.8 Å². The number of fused-ring (bicyclic) bond motifs is 2. The number of alkyl halides is 2. The van der Waals surface area contributed by atoms with Crippen LogP contribution >= 0.6 is 23.2 Å². The van der Waals surface area contributed by atoms with Crippen molar-refractivity contribution in [2.75, 3.05) is 0 Å². The largest absolute Gasteiger partial charge is 0.349 e. The lowest BCUT2D eigenvalue weighted by molar-refractivity contribution is -0.171. The van der Waals surface area contributed by atoms with Crippen LogP contribution in [0.15, 0.2) is 0 Å². The van der Waals surface area contributed by atoms with Gasteiger partial charge < -0.3 is 9.47 Å². The molecule has 4 atom stereocenters. The highest BCUT2D eigenvalue weighted by Gasteiger charge is 2.52. The Labute approximate surface area is 113 Å². The van der Waals surface area contributed by atoms with Crippen molar-refractivity contribution in [1.29, 1.82) is 0 Å². The van der Waals surface area contributed by atoms with Crippen molar-refractivity contribution >= 4 is 23.2 Å². The Morgan fingerprint density at radius 1 is 1.06 bits per heavy atom. The zero-order valence-electron chi connectivity index (χ0n) is 10.2. The molecular weight excluding hydrogens is 259 g/mol. The third-order valence-corrected chi connectivity index (χ3v) is 5.15. The first-order valence-corrected chi connectivity index (χ1v) is 7.52. The van der Waals surface area contributed by atoms with Crippen LogP contribution in [0.25, 0.3) is 0 Å². The minimum Gasteiger partial charge on any atom is -0.349 e. The van der Waals surface area contributed by atoms with Crippen LogP contribution < -0.4 is 0 Å². The fourth-order valence-electron chi connectivity index (χ4n) is 3.73. The summed E-state index contributed by atoms with van der Waals surface area (Å²) in [5, 5.41) is 0. The molecule has 0 amide bonds. The molecule has 17 heavy (non-hydrogen) atoms. The van der Waals surface area contributed by atoms with Crippen LogP contribution in [0, 0.1) is 11.8 Å². The van der Waals surface area contributed by atoms with Gasteiger partial charge >= 0.3 is 0 Å². The molecule has 2 aliphatic carbocycles. The second-order valence-electron chi connectivity index (χ2n) is 5.82. The SMILES string of the molecule is CCCC(Cl)(Cl)CC1OC2CC3CC2CC3O1. The average molecular weight is 279 g/mol. The Hall–Kier alpha value is 0.500. The van der Waals surface area contributed by atoms with Gasteiger partial charge in [-0.05, 0) is 37.5 Å². The zero-order valence-corrected chi connectivity index (χ0v) is 11.7. The zero-order chi connectivity index (χ0) is 12.0. The van der Waals surface area contributed by atoms with Crippen molar-refractivity contribution in [3.05, 3.63) is 0 Å². The fourth-order valence-corrected chi connectivity index (χ4v) is 4.36. The highest BCUT2D eigenvalue weighted by molar-refractivity contribution is 6.48. The number of hydrogen-bond donors (Lipinski definition) is 0. The summed E-state index contributed by atoms with van der Waals surface area (Å²) in [4.78, 5) is 0. The molecule has 4 bridgehead atoms. The van der Waals surface area contributed by atoms with Crippen molar-refractivity contribution in [2.24, 2.45) is 11.8 Å². The molecule has 4 aliphatic rings. The molecule has 0 spiro atoms. The molecule has 0 aromatic heterocycles. The maximum Gasteiger partial charge on any atom is 0.161 e. The number of halogens is 2. The summed E-state index contributed by atoms with van der Waals surface area (Å²) in [6, 6.07) is 0. The molecule has 0 radical (unpaired) electrons. The molecule has 4 fully saturated rings. The minimum absolute atomic E-state index is 0.193. The summed E-state index contributed by atoms with van der Waals surface area (Å²) < 4.78 is 11.4. The molecule has 4 unspecified atom stereocenters. The van der Waals surface area contributed by atoms with Crippen molar-refractivity contribution < 1.29 is 9.47 Å². The van der Waals surface area contributed by atoms with Gasteiger partial charge in [0.25, 0.3) is 0 Å². The molecule has 98 valence electrons. The molecule has 2 saturated heterocycles. The van der Waals surface area contributed by atoms with Gasteiger partial charge in [0, 0.05) is 6.42 Å². The van der Waals surface area contributed by atoms with Gasteiger partial charge in [-0.1, -0.05) is 13.3 Å². The van der Waals surface area contributed by atoms with Gasteiger partial charge in [-0.15, -0.1) is 23.2 Å². The number of hydrogen-bond acceptors (Lipinski definition) is 2. The molecule has 0 aromatic carbocycles. The van der Waals surface area contributed by atoms with E-state index in [1.165, 1.54) is 19.3 Å². The molecule has 0 aromatic rings. The van der Waals surface area contributed by atoms with Gasteiger partial charge in [0.1, 0.15) is 4.33 Å². The molecule has 2 saturated carbocycles. The standard InChI is InChI=1S/C13H20Cl2O2/c1-2-3-13(14,15)7-12-16-10-5-8-4-9(10)6-11(8)17-12/h8-12H,2-7H2,1H3. The number of ether oxygens (including phenoxy) is 2. The monoisotopic (exact) mass is 278 g/mol. The van der Waals surface area contributed by atoms with E-state index in [1.54, 1.807) is 0 Å². The van der Waals surface area contributed by atoms with Crippen molar-refractivity contribution in [3.8, 4) is 0 Å². The molecule has 4 heteroatoms. The second kappa shape index (κ2) is 4.56. The van der Waals surface area contributed by atoms with Crippen LogP contribution in [-0.2, 0) is 9.47 Å². The van der Waals surface area contributed by atoms with Crippen LogP contribution in [0.1, 0.15) is 45.4 Å². The van der Waals surface area contributed by atoms with E-state index in [9.17, 15) is 0 Å². The predicted octanol–water partition coefficient (Wildman–Crippen LogP) is 3.89. The molecule has 4 rings (SSSR count). The van der Waals surface area contributed by atoms with Gasteiger partial charge in [0.15, 0.2) is 6.29 Å². The van der Waals surface area contributed by atoms with Gasteiger partial charge in [-0.25, -0.2) is 0 Å². The van der Waals surface area contributed by atoms with Crippen LogP contribution in [0.2, 0.25) is 0 Å². The Morgan fingerprint density at radius 3 is 2.12 bits per heavy atom. The second-order valence-corrected chi connectivity index (χ2v) is 7.46. The van der Waals surface area contributed by atoms with Crippen molar-refractivity contribution in [3.63, 3.8) is 0 Å². The minimum atomic E-state index is -0.701. The fraction of sp³-hybridized carbons (Fsp3) is 1.00. The van der Waals surface area contributed by atoms with E-state index in [2.05, 4.69) is 6.92 Å². The van der Waals surface area contributed by atoms with Crippen molar-refractivity contribution in [2.45, 2.75) is 68.3 Å². The normalized spacial score (nSPS) is 44.3. The lowest BCUT2D eigenvalue weighted by Gasteiger charge is -2.27. The third kappa shape index (κ3) is 2.47. The maximum absolute atomic E-state index is 6.29. The summed E-state index contributed by atoms with van der Waals surface area (Å²) in [5.74, 6) is 1.45. The topological polar surface area (TPSA) is 18.5 Å². The van der Waals surface area contributed by atoms with Gasteiger partial charge in [-0.3, -0.25) is 0 Å². The van der Waals surface area contributed by atoms with Crippen LogP contribution in [0.4, 0.5) is 0 Å². The summed E-state index contributed by atoms with van der Waals surface area (Å²) in [7, 11) is 0. The lowest BCUT2D eigenvalue weighted by atomic mass is 9.95. The van der Waals surface area contributed by atoms with Gasteiger partial charge in [0.2, 0.25) is 0 Å². The molecule has 0 N–H and O–H groups in total. The molecular formula is C13H20Cl2O2. The molecule has 2 nitrogen and oxygen atoms in total. The maximum atomic E-state index is 6.29. The summed E-state index contributed by atoms with van der Waals surface area (Å²) in [6.45, 7) is 2.09. The molecule has 2 heterocycles. The first-order valence-electron chi connectivity index (χ1n) is 6.76. The van der Waals surface area contributed by atoms with Crippen molar-refractivity contribution in [1.82, 2.24) is 0 Å². The summed E-state index contributed by atoms with van der Waals surface area (Å²) >= 11 is 12.6. The Balaban J connectivity index is 1.63. The van der Waals surface area contributed by atoms with E-state index in [4.69, 9.17) is 32.7 Å². The number of rotatable bonds is 4. The predicted molar refractivity (Wildman–Crippen MR) is 68.3 cm³/mol. The summed E-state index contributed by atoms with van der Waals surface area (Å²) in [5.41, 5.74) is 0. The van der Waals surface area contributed by atoms with E-state index < -0.39 is 4.33 Å². The smallest absolute Gasteiger partial charge is 0.161 e. The van der Waals surface area contributed by atoms with Crippen LogP contribution in [0.5, 0.6) is 0 Å². The van der Waals surface area contributed by atoms with Gasteiger partial charge in [-0.2, -0.15) is 0 Å². The van der Waals surface area contributed by atoms with E-state index in [0.29, 0.717) is 18.6 Å². The Morgan fingerprint density at radius 2 is 1.65 bits per heavy atom. The highest BCUT2D eigenvalue weighted by atomic mass is 35.5. The average Bonchev–Trinajstić information content (AvgIpc) is 2.67. The van der Waals surface area contributed by atoms with Gasteiger partial charge in [0.05, 0.1) is 12.2 Å². The highest BCUT2D eigenvalue weighted by Crippen LogP contribution is 2.51. The third-order valence-electron chi connectivity index (χ3n) is 4.46. The van der Waals surface area contributed by atoms with E-state index in [-0.39, 0.29) is 6.29 Å². The Kier molecular flexibility index (Phi) is 3.36. The van der Waals surface area contributed by atoms with E-state index in [1.807, 2.05) is 0 Å². The van der Waals surface area contributed by atoms with E-state index >= 15 is 0 Å². The first kappa shape index (κ1) is 12.5. The summed E-state index contributed by atoms with van der Waals surface area (Å²) in [6.07, 6.45) is 6.62. The van der Waals surface area contributed by atoms with E-state index in [0.717, 1.165) is 24.7 Å².